The summed E-state index contributed by atoms with van der Waals surface area (Å²) in [6, 6.07) is -0.264. The van der Waals surface area contributed by atoms with Crippen LogP contribution >= 0.6 is 0 Å². The number of hydrogen-bond donors (Lipinski definition) is 2. The topological polar surface area (TPSA) is 83.1 Å². The zero-order valence-electron chi connectivity index (χ0n) is 20.1. The summed E-state index contributed by atoms with van der Waals surface area (Å²) in [5, 5.41) is 6.11. The second kappa shape index (κ2) is 13.4. The average molecular weight is 441 g/mol. The van der Waals surface area contributed by atoms with Crippen LogP contribution in [0.15, 0.2) is 0 Å². The first-order valence-electron chi connectivity index (χ1n) is 12.1. The SMILES string of the molecule is CCCN(C(=O)NCCCCN(C)C)C(=O)C(CNC)CC1CCCC2(C1)OCCO2. The minimum Gasteiger partial charge on any atom is -0.348 e. The molecule has 0 aromatic rings. The molecule has 2 fully saturated rings. The summed E-state index contributed by atoms with van der Waals surface area (Å²) in [7, 11) is 5.95. The maximum absolute atomic E-state index is 13.4. The van der Waals surface area contributed by atoms with Crippen LogP contribution in [0.5, 0.6) is 0 Å². The van der Waals surface area contributed by atoms with Crippen molar-refractivity contribution in [3.05, 3.63) is 0 Å². The monoisotopic (exact) mass is 440 g/mol. The lowest BCUT2D eigenvalue weighted by molar-refractivity contribution is -0.188. The van der Waals surface area contributed by atoms with Gasteiger partial charge in [0.05, 0.1) is 19.1 Å². The lowest BCUT2D eigenvalue weighted by Crippen LogP contribution is -2.49. The highest BCUT2D eigenvalue weighted by Gasteiger charge is 2.42. The lowest BCUT2D eigenvalue weighted by atomic mass is 9.79. The van der Waals surface area contributed by atoms with Gasteiger partial charge in [0.25, 0.3) is 0 Å². The van der Waals surface area contributed by atoms with E-state index in [1.807, 2.05) is 28.1 Å². The third kappa shape index (κ3) is 8.33. The molecule has 1 heterocycles. The summed E-state index contributed by atoms with van der Waals surface area (Å²) in [4.78, 5) is 29.7. The van der Waals surface area contributed by atoms with Crippen LogP contribution < -0.4 is 10.6 Å². The number of nitrogens with zero attached hydrogens (tertiary/aromatic N) is 2. The molecule has 1 saturated heterocycles. The minimum absolute atomic E-state index is 0.0742. The molecular formula is C23H44N4O4. The van der Waals surface area contributed by atoms with Gasteiger partial charge in [0, 0.05) is 32.5 Å². The van der Waals surface area contributed by atoms with Crippen LogP contribution in [0.2, 0.25) is 0 Å². The highest BCUT2D eigenvalue weighted by molar-refractivity contribution is 5.95. The van der Waals surface area contributed by atoms with Gasteiger partial charge in [0.2, 0.25) is 5.91 Å². The van der Waals surface area contributed by atoms with Gasteiger partial charge in [0.1, 0.15) is 0 Å². The van der Waals surface area contributed by atoms with Crippen molar-refractivity contribution in [3.63, 3.8) is 0 Å². The number of carbonyl (C=O) groups excluding carboxylic acids is 2. The van der Waals surface area contributed by atoms with Gasteiger partial charge in [-0.1, -0.05) is 13.3 Å². The average Bonchev–Trinajstić information content (AvgIpc) is 3.18. The van der Waals surface area contributed by atoms with Crippen molar-refractivity contribution in [2.45, 2.75) is 64.1 Å². The Morgan fingerprint density at radius 1 is 1.16 bits per heavy atom. The fourth-order valence-corrected chi connectivity index (χ4v) is 4.78. The summed E-state index contributed by atoms with van der Waals surface area (Å²) in [6.45, 7) is 5.92. The Morgan fingerprint density at radius 2 is 1.90 bits per heavy atom. The molecule has 0 aromatic carbocycles. The standard InChI is InChI=1S/C23H44N4O4/c1-5-12-27(22(29)25-11-6-7-13-26(3)4)21(28)20(18-24-2)16-19-9-8-10-23(17-19)30-14-15-31-23/h19-20,24H,5-18H2,1-4H3,(H,25,29). The Morgan fingerprint density at radius 3 is 2.55 bits per heavy atom. The zero-order chi connectivity index (χ0) is 22.7. The molecule has 8 nitrogen and oxygen atoms in total. The molecule has 1 aliphatic carbocycles. The molecule has 1 aliphatic heterocycles. The summed E-state index contributed by atoms with van der Waals surface area (Å²) >= 11 is 0. The van der Waals surface area contributed by atoms with Gasteiger partial charge in [-0.15, -0.1) is 0 Å². The molecule has 2 aliphatic rings. The van der Waals surface area contributed by atoms with Crippen molar-refractivity contribution in [1.82, 2.24) is 20.4 Å². The third-order valence-electron chi connectivity index (χ3n) is 6.27. The highest BCUT2D eigenvalue weighted by Crippen LogP contribution is 2.41. The van der Waals surface area contributed by atoms with Gasteiger partial charge in [-0.05, 0) is 65.7 Å². The van der Waals surface area contributed by atoms with E-state index in [1.165, 1.54) is 4.90 Å². The summed E-state index contributed by atoms with van der Waals surface area (Å²) in [6.07, 6.45) is 7.33. The van der Waals surface area contributed by atoms with Crippen LogP contribution in [-0.2, 0) is 14.3 Å². The van der Waals surface area contributed by atoms with Crippen molar-refractivity contribution in [2.75, 3.05) is 60.5 Å². The molecule has 0 bridgehead atoms. The summed E-state index contributed by atoms with van der Waals surface area (Å²) in [5.74, 6) is -0.373. The van der Waals surface area contributed by atoms with Crippen molar-refractivity contribution < 1.29 is 19.1 Å². The minimum atomic E-state index is -0.441. The predicted molar refractivity (Wildman–Crippen MR) is 122 cm³/mol. The zero-order valence-corrected chi connectivity index (χ0v) is 20.1. The van der Waals surface area contributed by atoms with Crippen LogP contribution in [0.4, 0.5) is 4.79 Å². The largest absolute Gasteiger partial charge is 0.348 e. The van der Waals surface area contributed by atoms with Crippen LogP contribution in [0.3, 0.4) is 0 Å². The van der Waals surface area contributed by atoms with Crippen molar-refractivity contribution in [1.29, 1.82) is 0 Å². The Labute approximate surface area is 188 Å². The second-order valence-electron chi connectivity index (χ2n) is 9.29. The molecule has 180 valence electrons. The number of amides is 3. The van der Waals surface area contributed by atoms with Crippen molar-refractivity contribution in [2.24, 2.45) is 11.8 Å². The lowest BCUT2D eigenvalue weighted by Gasteiger charge is -2.37. The van der Waals surface area contributed by atoms with E-state index in [9.17, 15) is 9.59 Å². The van der Waals surface area contributed by atoms with Crippen LogP contribution in [-0.4, -0.2) is 88.1 Å². The fraction of sp³-hybridized carbons (Fsp3) is 0.913. The van der Waals surface area contributed by atoms with Crippen molar-refractivity contribution in [3.8, 4) is 0 Å². The molecule has 31 heavy (non-hydrogen) atoms. The number of hydrogen-bond acceptors (Lipinski definition) is 6. The van der Waals surface area contributed by atoms with E-state index in [0.717, 1.165) is 57.9 Å². The van der Waals surface area contributed by atoms with Crippen molar-refractivity contribution >= 4 is 11.9 Å². The fourth-order valence-electron chi connectivity index (χ4n) is 4.78. The molecule has 2 N–H and O–H groups in total. The summed E-state index contributed by atoms with van der Waals surface area (Å²) < 4.78 is 11.8. The number of imide groups is 1. The number of ether oxygens (including phenoxy) is 2. The van der Waals surface area contributed by atoms with Crippen LogP contribution in [0, 0.1) is 11.8 Å². The van der Waals surface area contributed by atoms with E-state index in [2.05, 4.69) is 15.5 Å². The Kier molecular flexibility index (Phi) is 11.2. The molecular weight excluding hydrogens is 396 g/mol. The number of nitrogens with one attached hydrogen (secondary N) is 2. The highest BCUT2D eigenvalue weighted by atomic mass is 16.7. The molecule has 2 unspecified atom stereocenters. The van der Waals surface area contributed by atoms with Crippen LogP contribution in [0.25, 0.3) is 0 Å². The van der Waals surface area contributed by atoms with Crippen LogP contribution in [0.1, 0.15) is 58.3 Å². The Balaban J connectivity index is 1.93. The number of urea groups is 1. The van der Waals surface area contributed by atoms with E-state index < -0.39 is 5.79 Å². The smallest absolute Gasteiger partial charge is 0.324 e. The maximum atomic E-state index is 13.4. The van der Waals surface area contributed by atoms with Gasteiger partial charge in [-0.3, -0.25) is 9.69 Å². The first-order chi connectivity index (χ1) is 14.9. The van der Waals surface area contributed by atoms with Gasteiger partial charge in [-0.2, -0.15) is 0 Å². The first-order valence-corrected chi connectivity index (χ1v) is 12.1. The Bertz CT molecular complexity index is 552. The molecule has 3 amide bonds. The molecule has 0 aromatic heterocycles. The quantitative estimate of drug-likeness (QED) is 0.454. The maximum Gasteiger partial charge on any atom is 0.324 e. The number of unbranched alkanes of at least 4 members (excludes halogenated alkanes) is 1. The van der Waals surface area contributed by atoms with E-state index in [-0.39, 0.29) is 17.9 Å². The van der Waals surface area contributed by atoms with E-state index in [0.29, 0.717) is 38.8 Å². The molecule has 8 heteroatoms. The Hall–Kier alpha value is -1.22. The van der Waals surface area contributed by atoms with E-state index in [4.69, 9.17) is 9.47 Å². The molecule has 1 saturated carbocycles. The first kappa shape index (κ1) is 26.0. The van der Waals surface area contributed by atoms with Gasteiger partial charge in [-0.25, -0.2) is 4.79 Å². The molecule has 2 atom stereocenters. The number of rotatable bonds is 12. The normalized spacial score (nSPS) is 21.4. The third-order valence-corrected chi connectivity index (χ3v) is 6.27. The molecule has 1 spiro atoms. The molecule has 2 rings (SSSR count). The summed E-state index contributed by atoms with van der Waals surface area (Å²) in [5.41, 5.74) is 0. The second-order valence-corrected chi connectivity index (χ2v) is 9.29. The van der Waals surface area contributed by atoms with Gasteiger partial charge >= 0.3 is 6.03 Å². The number of carbonyl (C=O) groups is 2. The van der Waals surface area contributed by atoms with Gasteiger partial charge in [0.15, 0.2) is 5.79 Å². The van der Waals surface area contributed by atoms with Gasteiger partial charge < -0.3 is 25.0 Å². The van der Waals surface area contributed by atoms with E-state index >= 15 is 0 Å². The molecule has 0 radical (unpaired) electrons. The predicted octanol–water partition coefficient (Wildman–Crippen LogP) is 2.44. The van der Waals surface area contributed by atoms with E-state index in [1.54, 1.807) is 0 Å².